The quantitative estimate of drug-likeness (QED) is 0.883. The van der Waals surface area contributed by atoms with Gasteiger partial charge >= 0.3 is 0 Å². The Bertz CT molecular complexity index is 458. The summed E-state index contributed by atoms with van der Waals surface area (Å²) in [6.07, 6.45) is 3.82. The van der Waals surface area contributed by atoms with Crippen molar-refractivity contribution in [3.8, 4) is 11.3 Å². The molecule has 1 N–H and O–H groups in total. The minimum absolute atomic E-state index is 0.491. The molecule has 0 radical (unpaired) electrons. The molecule has 0 aliphatic carbocycles. The molecule has 2 rings (SSSR count). The van der Waals surface area contributed by atoms with Gasteiger partial charge in [-0.3, -0.25) is 4.68 Å². The van der Waals surface area contributed by atoms with E-state index in [9.17, 15) is 0 Å². The molecule has 2 heterocycles. The molecule has 0 bridgehead atoms. The fraction of sp³-hybridized carbons (Fsp3) is 0.455. The van der Waals surface area contributed by atoms with Gasteiger partial charge in [0.15, 0.2) is 0 Å². The van der Waals surface area contributed by atoms with E-state index in [-0.39, 0.29) is 0 Å². The van der Waals surface area contributed by atoms with Crippen LogP contribution in [0.4, 0.5) is 0 Å². The topological polar surface area (TPSA) is 42.7 Å². The van der Waals surface area contributed by atoms with E-state index in [1.807, 2.05) is 19.4 Å². The standard InChI is InChI=1S/C11H16N4S/c1-8(2)12-5-11-14-10(7-16-11)9-4-13-15(3)6-9/h4,6-8,12H,5H2,1-3H3. The third-order valence-electron chi connectivity index (χ3n) is 2.21. The number of hydrogen-bond donors (Lipinski definition) is 1. The highest BCUT2D eigenvalue weighted by molar-refractivity contribution is 7.09. The van der Waals surface area contributed by atoms with Crippen molar-refractivity contribution in [3.63, 3.8) is 0 Å². The second-order valence-electron chi connectivity index (χ2n) is 4.06. The normalized spacial score (nSPS) is 11.2. The molecule has 0 aliphatic rings. The van der Waals surface area contributed by atoms with Crippen LogP contribution in [0.2, 0.25) is 0 Å². The van der Waals surface area contributed by atoms with Crippen LogP contribution in [-0.2, 0) is 13.6 Å². The van der Waals surface area contributed by atoms with E-state index in [1.54, 1.807) is 16.0 Å². The maximum atomic E-state index is 4.57. The molecule has 0 spiro atoms. The molecule has 0 fully saturated rings. The molecule has 5 heteroatoms. The molecular weight excluding hydrogens is 220 g/mol. The first kappa shape index (κ1) is 11.3. The molecule has 16 heavy (non-hydrogen) atoms. The lowest BCUT2D eigenvalue weighted by Crippen LogP contribution is -2.21. The molecule has 0 saturated heterocycles. The number of aromatic nitrogens is 3. The molecule has 86 valence electrons. The second kappa shape index (κ2) is 4.76. The van der Waals surface area contributed by atoms with Crippen molar-refractivity contribution in [2.24, 2.45) is 7.05 Å². The summed E-state index contributed by atoms with van der Waals surface area (Å²) in [4.78, 5) is 4.57. The Labute approximate surface area is 99.3 Å². The molecule has 2 aromatic heterocycles. The first-order chi connectivity index (χ1) is 7.65. The Morgan fingerprint density at radius 2 is 2.31 bits per heavy atom. The highest BCUT2D eigenvalue weighted by Crippen LogP contribution is 2.20. The van der Waals surface area contributed by atoms with Crippen LogP contribution in [0.3, 0.4) is 0 Å². The van der Waals surface area contributed by atoms with Crippen LogP contribution in [0.1, 0.15) is 18.9 Å². The van der Waals surface area contributed by atoms with Crippen molar-refractivity contribution in [1.29, 1.82) is 0 Å². The number of aryl methyl sites for hydroxylation is 1. The van der Waals surface area contributed by atoms with Gasteiger partial charge in [-0.15, -0.1) is 11.3 Å². The lowest BCUT2D eigenvalue weighted by Gasteiger charge is -2.04. The first-order valence-corrected chi connectivity index (χ1v) is 6.20. The minimum atomic E-state index is 0.491. The monoisotopic (exact) mass is 236 g/mol. The molecule has 0 aromatic carbocycles. The average Bonchev–Trinajstić information content (AvgIpc) is 2.83. The average molecular weight is 236 g/mol. The summed E-state index contributed by atoms with van der Waals surface area (Å²) in [5.41, 5.74) is 2.09. The summed E-state index contributed by atoms with van der Waals surface area (Å²) < 4.78 is 1.79. The van der Waals surface area contributed by atoms with Crippen molar-refractivity contribution in [2.75, 3.05) is 0 Å². The molecule has 0 amide bonds. The second-order valence-corrected chi connectivity index (χ2v) is 5.01. The maximum absolute atomic E-state index is 4.57. The van der Waals surface area contributed by atoms with Gasteiger partial charge in [0, 0.05) is 36.8 Å². The van der Waals surface area contributed by atoms with Crippen LogP contribution in [0, 0.1) is 0 Å². The van der Waals surface area contributed by atoms with Crippen LogP contribution >= 0.6 is 11.3 Å². The zero-order valence-corrected chi connectivity index (χ0v) is 10.6. The van der Waals surface area contributed by atoms with Gasteiger partial charge < -0.3 is 5.32 Å². The van der Waals surface area contributed by atoms with E-state index >= 15 is 0 Å². The SMILES string of the molecule is CC(C)NCc1nc(-c2cnn(C)c2)cs1. The smallest absolute Gasteiger partial charge is 0.107 e. The summed E-state index contributed by atoms with van der Waals surface area (Å²) in [5.74, 6) is 0. The predicted octanol–water partition coefficient (Wildman–Crippen LogP) is 2.04. The van der Waals surface area contributed by atoms with Crippen molar-refractivity contribution in [3.05, 3.63) is 22.8 Å². The summed E-state index contributed by atoms with van der Waals surface area (Å²) in [5, 5.41) is 10.7. The van der Waals surface area contributed by atoms with E-state index in [4.69, 9.17) is 0 Å². The van der Waals surface area contributed by atoms with Gasteiger partial charge in [0.2, 0.25) is 0 Å². The lowest BCUT2D eigenvalue weighted by molar-refractivity contribution is 0.587. The van der Waals surface area contributed by atoms with Gasteiger partial charge in [0.25, 0.3) is 0 Å². The Hall–Kier alpha value is -1.20. The molecule has 0 aliphatic heterocycles. The fourth-order valence-electron chi connectivity index (χ4n) is 1.37. The van der Waals surface area contributed by atoms with Gasteiger partial charge in [0.1, 0.15) is 5.01 Å². The summed E-state index contributed by atoms with van der Waals surface area (Å²) >= 11 is 1.68. The summed E-state index contributed by atoms with van der Waals surface area (Å²) in [7, 11) is 1.91. The van der Waals surface area contributed by atoms with Gasteiger partial charge in [-0.2, -0.15) is 5.10 Å². The number of hydrogen-bond acceptors (Lipinski definition) is 4. The summed E-state index contributed by atoms with van der Waals surface area (Å²) in [6.45, 7) is 5.11. The zero-order chi connectivity index (χ0) is 11.5. The Morgan fingerprint density at radius 1 is 1.50 bits per heavy atom. The van der Waals surface area contributed by atoms with Crippen molar-refractivity contribution in [2.45, 2.75) is 26.4 Å². The van der Waals surface area contributed by atoms with Crippen molar-refractivity contribution in [1.82, 2.24) is 20.1 Å². The number of thiazole rings is 1. The fourth-order valence-corrected chi connectivity index (χ4v) is 2.12. The summed E-state index contributed by atoms with van der Waals surface area (Å²) in [6, 6.07) is 0.491. The maximum Gasteiger partial charge on any atom is 0.107 e. The van der Waals surface area contributed by atoms with Crippen molar-refractivity contribution < 1.29 is 0 Å². The minimum Gasteiger partial charge on any atom is -0.308 e. The Balaban J connectivity index is 2.07. The Morgan fingerprint density at radius 3 is 2.94 bits per heavy atom. The molecule has 0 saturated carbocycles. The Kier molecular flexibility index (Phi) is 3.36. The van der Waals surface area contributed by atoms with Crippen LogP contribution in [-0.4, -0.2) is 20.8 Å². The van der Waals surface area contributed by atoms with Crippen LogP contribution in [0.5, 0.6) is 0 Å². The zero-order valence-electron chi connectivity index (χ0n) is 9.77. The lowest BCUT2D eigenvalue weighted by atomic mass is 10.3. The third-order valence-corrected chi connectivity index (χ3v) is 3.06. The number of rotatable bonds is 4. The van der Waals surface area contributed by atoms with Gasteiger partial charge in [-0.25, -0.2) is 4.98 Å². The van der Waals surface area contributed by atoms with E-state index in [0.717, 1.165) is 22.8 Å². The third kappa shape index (κ3) is 2.68. The highest BCUT2D eigenvalue weighted by Gasteiger charge is 2.06. The predicted molar refractivity (Wildman–Crippen MR) is 66.3 cm³/mol. The van der Waals surface area contributed by atoms with Crippen LogP contribution < -0.4 is 5.32 Å². The largest absolute Gasteiger partial charge is 0.308 e. The van der Waals surface area contributed by atoms with E-state index in [1.165, 1.54) is 0 Å². The van der Waals surface area contributed by atoms with Crippen LogP contribution in [0.25, 0.3) is 11.3 Å². The number of nitrogens with one attached hydrogen (secondary N) is 1. The van der Waals surface area contributed by atoms with E-state index in [0.29, 0.717) is 6.04 Å². The van der Waals surface area contributed by atoms with Gasteiger partial charge in [0.05, 0.1) is 11.9 Å². The molecule has 2 aromatic rings. The molecule has 0 unspecified atom stereocenters. The number of nitrogens with zero attached hydrogens (tertiary/aromatic N) is 3. The van der Waals surface area contributed by atoms with Gasteiger partial charge in [-0.05, 0) is 0 Å². The molecule has 0 atom stereocenters. The van der Waals surface area contributed by atoms with E-state index in [2.05, 4.69) is 34.6 Å². The highest BCUT2D eigenvalue weighted by atomic mass is 32.1. The van der Waals surface area contributed by atoms with Crippen LogP contribution in [0.15, 0.2) is 17.8 Å². The van der Waals surface area contributed by atoms with E-state index < -0.39 is 0 Å². The molecular formula is C11H16N4S. The van der Waals surface area contributed by atoms with Gasteiger partial charge in [-0.1, -0.05) is 13.8 Å². The first-order valence-electron chi connectivity index (χ1n) is 5.32. The van der Waals surface area contributed by atoms with Crippen molar-refractivity contribution >= 4 is 11.3 Å². The molecule has 4 nitrogen and oxygen atoms in total.